The molecule has 1 fully saturated rings. The van der Waals surface area contributed by atoms with Crippen LogP contribution >= 0.6 is 0 Å². The van der Waals surface area contributed by atoms with E-state index < -0.39 is 0 Å². The van der Waals surface area contributed by atoms with E-state index in [-0.39, 0.29) is 6.10 Å². The van der Waals surface area contributed by atoms with Crippen LogP contribution in [0.3, 0.4) is 0 Å². The van der Waals surface area contributed by atoms with E-state index in [1.54, 1.807) is 0 Å². The standard InChI is InChI=1S/C10H20O/c1-2-3-4-8-10(11)9-6-5-7-9/h9-11H,2-8H2,1H3. The van der Waals surface area contributed by atoms with Crippen LogP contribution < -0.4 is 0 Å². The van der Waals surface area contributed by atoms with Crippen LogP contribution in [0.4, 0.5) is 0 Å². The fourth-order valence-electron chi connectivity index (χ4n) is 1.66. The summed E-state index contributed by atoms with van der Waals surface area (Å²) in [6.45, 7) is 2.20. The Morgan fingerprint density at radius 3 is 2.55 bits per heavy atom. The highest BCUT2D eigenvalue weighted by molar-refractivity contribution is 4.76. The Morgan fingerprint density at radius 2 is 2.09 bits per heavy atom. The number of aliphatic hydroxyl groups excluding tert-OH is 1. The molecule has 0 radical (unpaired) electrons. The highest BCUT2D eigenvalue weighted by atomic mass is 16.3. The van der Waals surface area contributed by atoms with Crippen LogP contribution in [0, 0.1) is 5.92 Å². The third kappa shape index (κ3) is 2.82. The molecular weight excluding hydrogens is 136 g/mol. The first-order valence-corrected chi connectivity index (χ1v) is 5.02. The summed E-state index contributed by atoms with van der Waals surface area (Å²) in [4.78, 5) is 0. The van der Waals surface area contributed by atoms with Crippen LogP contribution in [0.15, 0.2) is 0 Å². The normalized spacial score (nSPS) is 21.3. The van der Waals surface area contributed by atoms with Crippen molar-refractivity contribution in [2.24, 2.45) is 5.92 Å². The van der Waals surface area contributed by atoms with Crippen molar-refractivity contribution < 1.29 is 5.11 Å². The Labute approximate surface area is 69.8 Å². The highest BCUT2D eigenvalue weighted by Gasteiger charge is 2.24. The smallest absolute Gasteiger partial charge is 0.0568 e. The van der Waals surface area contributed by atoms with Crippen molar-refractivity contribution in [3.63, 3.8) is 0 Å². The lowest BCUT2D eigenvalue weighted by molar-refractivity contribution is 0.0537. The summed E-state index contributed by atoms with van der Waals surface area (Å²) >= 11 is 0. The quantitative estimate of drug-likeness (QED) is 0.607. The summed E-state index contributed by atoms with van der Waals surface area (Å²) in [5.74, 6) is 0.659. The molecule has 1 heteroatoms. The van der Waals surface area contributed by atoms with Gasteiger partial charge in [-0.05, 0) is 25.2 Å². The fraction of sp³-hybridized carbons (Fsp3) is 1.00. The van der Waals surface area contributed by atoms with Crippen LogP contribution in [-0.4, -0.2) is 11.2 Å². The van der Waals surface area contributed by atoms with Crippen LogP contribution in [0.5, 0.6) is 0 Å². The monoisotopic (exact) mass is 156 g/mol. The SMILES string of the molecule is CCCCCC(O)C1CCC1. The average Bonchev–Trinajstić information content (AvgIpc) is 1.84. The van der Waals surface area contributed by atoms with E-state index in [0.29, 0.717) is 5.92 Å². The van der Waals surface area contributed by atoms with E-state index >= 15 is 0 Å². The summed E-state index contributed by atoms with van der Waals surface area (Å²) in [5.41, 5.74) is 0. The van der Waals surface area contributed by atoms with E-state index in [4.69, 9.17) is 0 Å². The molecule has 1 atom stereocenters. The summed E-state index contributed by atoms with van der Waals surface area (Å²) in [5, 5.41) is 9.60. The molecule has 1 saturated carbocycles. The molecule has 0 aromatic rings. The molecule has 66 valence electrons. The van der Waals surface area contributed by atoms with E-state index in [0.717, 1.165) is 6.42 Å². The molecule has 0 saturated heterocycles. The van der Waals surface area contributed by atoms with Crippen LogP contribution in [-0.2, 0) is 0 Å². The van der Waals surface area contributed by atoms with Gasteiger partial charge in [-0.2, -0.15) is 0 Å². The lowest BCUT2D eigenvalue weighted by Gasteiger charge is -2.30. The predicted octanol–water partition coefficient (Wildman–Crippen LogP) is 2.73. The van der Waals surface area contributed by atoms with Gasteiger partial charge in [-0.15, -0.1) is 0 Å². The second-order valence-corrected chi connectivity index (χ2v) is 3.75. The summed E-state index contributed by atoms with van der Waals surface area (Å²) in [7, 11) is 0. The van der Waals surface area contributed by atoms with Crippen molar-refractivity contribution in [2.45, 2.75) is 58.0 Å². The molecule has 0 heterocycles. The number of hydrogen-bond acceptors (Lipinski definition) is 1. The maximum Gasteiger partial charge on any atom is 0.0568 e. The third-order valence-electron chi connectivity index (χ3n) is 2.80. The molecule has 0 aromatic heterocycles. The number of rotatable bonds is 5. The Hall–Kier alpha value is -0.0400. The van der Waals surface area contributed by atoms with Crippen molar-refractivity contribution in [3.05, 3.63) is 0 Å². The minimum absolute atomic E-state index is 0.0234. The molecule has 1 aliphatic rings. The topological polar surface area (TPSA) is 20.2 Å². The van der Waals surface area contributed by atoms with Crippen molar-refractivity contribution >= 4 is 0 Å². The Kier molecular flexibility index (Phi) is 3.92. The maximum atomic E-state index is 9.60. The van der Waals surface area contributed by atoms with Crippen molar-refractivity contribution in [1.82, 2.24) is 0 Å². The second-order valence-electron chi connectivity index (χ2n) is 3.75. The molecule has 1 aliphatic carbocycles. The number of aliphatic hydroxyl groups is 1. The zero-order valence-corrected chi connectivity index (χ0v) is 7.55. The van der Waals surface area contributed by atoms with Gasteiger partial charge in [-0.1, -0.05) is 32.6 Å². The molecule has 0 spiro atoms. The summed E-state index contributed by atoms with van der Waals surface area (Å²) in [6.07, 6.45) is 8.71. The Balaban J connectivity index is 1.96. The molecule has 0 amide bonds. The van der Waals surface area contributed by atoms with Gasteiger partial charge in [-0.25, -0.2) is 0 Å². The van der Waals surface area contributed by atoms with Crippen molar-refractivity contribution in [2.75, 3.05) is 0 Å². The van der Waals surface area contributed by atoms with E-state index in [2.05, 4.69) is 6.92 Å². The lowest BCUT2D eigenvalue weighted by Crippen LogP contribution is -2.26. The highest BCUT2D eigenvalue weighted by Crippen LogP contribution is 2.31. The molecule has 1 N–H and O–H groups in total. The maximum absolute atomic E-state index is 9.60. The lowest BCUT2D eigenvalue weighted by atomic mass is 9.79. The van der Waals surface area contributed by atoms with E-state index in [9.17, 15) is 5.11 Å². The first-order valence-electron chi connectivity index (χ1n) is 5.02. The molecule has 0 bridgehead atoms. The van der Waals surface area contributed by atoms with Crippen LogP contribution in [0.1, 0.15) is 51.9 Å². The van der Waals surface area contributed by atoms with Gasteiger partial charge in [0.25, 0.3) is 0 Å². The number of hydrogen-bond donors (Lipinski definition) is 1. The van der Waals surface area contributed by atoms with Gasteiger partial charge in [0, 0.05) is 0 Å². The van der Waals surface area contributed by atoms with Gasteiger partial charge in [0.1, 0.15) is 0 Å². The van der Waals surface area contributed by atoms with Gasteiger partial charge in [0.2, 0.25) is 0 Å². The largest absolute Gasteiger partial charge is 0.393 e. The molecule has 1 rings (SSSR count). The van der Waals surface area contributed by atoms with Gasteiger partial charge in [0.15, 0.2) is 0 Å². The molecule has 11 heavy (non-hydrogen) atoms. The molecule has 1 nitrogen and oxygen atoms in total. The molecule has 1 unspecified atom stereocenters. The number of unbranched alkanes of at least 4 members (excludes halogenated alkanes) is 2. The zero-order valence-electron chi connectivity index (χ0n) is 7.55. The predicted molar refractivity (Wildman–Crippen MR) is 47.5 cm³/mol. The summed E-state index contributed by atoms with van der Waals surface area (Å²) in [6, 6.07) is 0. The van der Waals surface area contributed by atoms with Crippen molar-refractivity contribution in [3.8, 4) is 0 Å². The Morgan fingerprint density at radius 1 is 1.36 bits per heavy atom. The van der Waals surface area contributed by atoms with E-state index in [1.807, 2.05) is 0 Å². The van der Waals surface area contributed by atoms with Gasteiger partial charge in [-0.3, -0.25) is 0 Å². The molecule has 0 aromatic carbocycles. The molecule has 0 aliphatic heterocycles. The Bertz CT molecular complexity index is 97.0. The summed E-state index contributed by atoms with van der Waals surface area (Å²) < 4.78 is 0. The average molecular weight is 156 g/mol. The fourth-order valence-corrected chi connectivity index (χ4v) is 1.66. The minimum Gasteiger partial charge on any atom is -0.393 e. The first-order chi connectivity index (χ1) is 5.34. The molecular formula is C10H20O. The van der Waals surface area contributed by atoms with Gasteiger partial charge < -0.3 is 5.11 Å². The van der Waals surface area contributed by atoms with Gasteiger partial charge >= 0.3 is 0 Å². The van der Waals surface area contributed by atoms with E-state index in [1.165, 1.54) is 38.5 Å². The second kappa shape index (κ2) is 4.76. The third-order valence-corrected chi connectivity index (χ3v) is 2.80. The van der Waals surface area contributed by atoms with Crippen molar-refractivity contribution in [1.29, 1.82) is 0 Å². The zero-order chi connectivity index (χ0) is 8.10. The first kappa shape index (κ1) is 9.05. The van der Waals surface area contributed by atoms with Crippen LogP contribution in [0.2, 0.25) is 0 Å². The van der Waals surface area contributed by atoms with Crippen LogP contribution in [0.25, 0.3) is 0 Å². The van der Waals surface area contributed by atoms with Gasteiger partial charge in [0.05, 0.1) is 6.10 Å². The minimum atomic E-state index is 0.0234.